The summed E-state index contributed by atoms with van der Waals surface area (Å²) < 4.78 is 5.41. The Hall–Kier alpha value is -3.02. The van der Waals surface area contributed by atoms with Crippen molar-refractivity contribution in [2.45, 2.75) is 19.8 Å². The molecule has 142 valence electrons. The molecule has 0 radical (unpaired) electrons. The second-order valence-electron chi connectivity index (χ2n) is 6.53. The SMILES string of the molecule is CCOc1ccc(NC(=O)[C@@H]2CCCN(C(=O)Nc3ccccc3)C2)cc1. The van der Waals surface area contributed by atoms with Gasteiger partial charge in [0.05, 0.1) is 12.5 Å². The van der Waals surface area contributed by atoms with Crippen LogP contribution in [0.25, 0.3) is 0 Å². The van der Waals surface area contributed by atoms with Crippen LogP contribution in [-0.4, -0.2) is 36.5 Å². The minimum Gasteiger partial charge on any atom is -0.494 e. The van der Waals surface area contributed by atoms with Gasteiger partial charge in [-0.05, 0) is 56.2 Å². The Morgan fingerprint density at radius 3 is 2.44 bits per heavy atom. The van der Waals surface area contributed by atoms with Gasteiger partial charge in [0, 0.05) is 24.5 Å². The molecule has 2 aromatic rings. The van der Waals surface area contributed by atoms with Crippen molar-refractivity contribution < 1.29 is 14.3 Å². The Kier molecular flexibility index (Phi) is 6.30. The molecular weight excluding hydrogens is 342 g/mol. The molecule has 0 aliphatic carbocycles. The molecule has 3 amide bonds. The third-order valence-corrected chi connectivity index (χ3v) is 4.54. The number of nitrogens with one attached hydrogen (secondary N) is 2. The lowest BCUT2D eigenvalue weighted by Gasteiger charge is -2.32. The molecule has 1 aliphatic heterocycles. The Bertz CT molecular complexity index is 762. The Labute approximate surface area is 159 Å². The lowest BCUT2D eigenvalue weighted by molar-refractivity contribution is -0.121. The molecule has 1 fully saturated rings. The summed E-state index contributed by atoms with van der Waals surface area (Å²) in [6.45, 7) is 3.61. The van der Waals surface area contributed by atoms with Crippen molar-refractivity contribution in [3.05, 3.63) is 54.6 Å². The predicted octanol–water partition coefficient (Wildman–Crippen LogP) is 3.97. The zero-order valence-electron chi connectivity index (χ0n) is 15.5. The lowest BCUT2D eigenvalue weighted by atomic mass is 9.97. The fraction of sp³-hybridized carbons (Fsp3) is 0.333. The molecule has 1 saturated heterocycles. The van der Waals surface area contributed by atoms with Crippen LogP contribution < -0.4 is 15.4 Å². The van der Waals surface area contributed by atoms with Crippen molar-refractivity contribution in [3.63, 3.8) is 0 Å². The van der Waals surface area contributed by atoms with Crippen LogP contribution in [0.4, 0.5) is 16.2 Å². The predicted molar refractivity (Wildman–Crippen MR) is 106 cm³/mol. The number of likely N-dealkylation sites (tertiary alicyclic amines) is 1. The van der Waals surface area contributed by atoms with Crippen LogP contribution >= 0.6 is 0 Å². The first-order chi connectivity index (χ1) is 13.2. The molecule has 27 heavy (non-hydrogen) atoms. The normalized spacial score (nSPS) is 16.5. The van der Waals surface area contributed by atoms with Gasteiger partial charge in [0.2, 0.25) is 5.91 Å². The summed E-state index contributed by atoms with van der Waals surface area (Å²) in [5.74, 6) is 0.500. The van der Waals surface area contributed by atoms with Crippen molar-refractivity contribution in [3.8, 4) is 5.75 Å². The van der Waals surface area contributed by atoms with E-state index in [1.807, 2.05) is 61.5 Å². The van der Waals surface area contributed by atoms with Crippen LogP contribution in [-0.2, 0) is 4.79 Å². The molecule has 1 atom stereocenters. The largest absolute Gasteiger partial charge is 0.494 e. The van der Waals surface area contributed by atoms with E-state index in [1.165, 1.54) is 0 Å². The third kappa shape index (κ3) is 5.23. The highest BCUT2D eigenvalue weighted by Crippen LogP contribution is 2.21. The number of nitrogens with zero attached hydrogens (tertiary/aromatic N) is 1. The van der Waals surface area contributed by atoms with Gasteiger partial charge in [0.25, 0.3) is 0 Å². The molecule has 3 rings (SSSR count). The number of piperidine rings is 1. The third-order valence-electron chi connectivity index (χ3n) is 4.54. The molecule has 1 heterocycles. The Balaban J connectivity index is 1.55. The number of hydrogen-bond donors (Lipinski definition) is 2. The van der Waals surface area contributed by atoms with E-state index < -0.39 is 0 Å². The van der Waals surface area contributed by atoms with Crippen LogP contribution in [0.15, 0.2) is 54.6 Å². The minimum atomic E-state index is -0.216. The minimum absolute atomic E-state index is 0.0589. The van der Waals surface area contributed by atoms with E-state index in [1.54, 1.807) is 4.90 Å². The molecule has 6 heteroatoms. The Morgan fingerprint density at radius 2 is 1.74 bits per heavy atom. The van der Waals surface area contributed by atoms with Crippen molar-refractivity contribution >= 4 is 23.3 Å². The molecule has 0 saturated carbocycles. The quantitative estimate of drug-likeness (QED) is 0.840. The monoisotopic (exact) mass is 367 g/mol. The zero-order chi connectivity index (χ0) is 19.1. The van der Waals surface area contributed by atoms with Gasteiger partial charge in [0.1, 0.15) is 5.75 Å². The summed E-state index contributed by atoms with van der Waals surface area (Å²) in [6, 6.07) is 16.5. The number of ether oxygens (including phenoxy) is 1. The fourth-order valence-corrected chi connectivity index (χ4v) is 3.15. The maximum Gasteiger partial charge on any atom is 0.321 e. The van der Waals surface area contributed by atoms with E-state index >= 15 is 0 Å². The van der Waals surface area contributed by atoms with Crippen LogP contribution in [0.1, 0.15) is 19.8 Å². The van der Waals surface area contributed by atoms with Crippen molar-refractivity contribution in [2.75, 3.05) is 30.3 Å². The summed E-state index contributed by atoms with van der Waals surface area (Å²) in [5.41, 5.74) is 1.48. The Morgan fingerprint density at radius 1 is 1.04 bits per heavy atom. The molecule has 0 spiro atoms. The molecule has 0 bridgehead atoms. The van der Waals surface area contributed by atoms with Gasteiger partial charge in [-0.1, -0.05) is 18.2 Å². The number of rotatable bonds is 5. The van der Waals surface area contributed by atoms with E-state index in [4.69, 9.17) is 4.74 Å². The maximum atomic E-state index is 12.6. The van der Waals surface area contributed by atoms with E-state index in [0.29, 0.717) is 19.7 Å². The number of anilines is 2. The average molecular weight is 367 g/mol. The van der Waals surface area contributed by atoms with Crippen LogP contribution in [0, 0.1) is 5.92 Å². The summed E-state index contributed by atoms with van der Waals surface area (Å²) in [6.07, 6.45) is 1.58. The molecule has 6 nitrogen and oxygen atoms in total. The molecule has 2 aromatic carbocycles. The zero-order valence-corrected chi connectivity index (χ0v) is 15.5. The molecule has 0 unspecified atom stereocenters. The molecule has 1 aliphatic rings. The molecular formula is C21H25N3O3. The summed E-state index contributed by atoms with van der Waals surface area (Å²) in [5, 5.41) is 5.82. The number of urea groups is 1. The van der Waals surface area contributed by atoms with Gasteiger partial charge in [-0.15, -0.1) is 0 Å². The number of amides is 3. The first-order valence-corrected chi connectivity index (χ1v) is 9.30. The van der Waals surface area contributed by atoms with Crippen molar-refractivity contribution in [2.24, 2.45) is 5.92 Å². The van der Waals surface area contributed by atoms with Crippen LogP contribution in [0.2, 0.25) is 0 Å². The van der Waals surface area contributed by atoms with Gasteiger partial charge in [0.15, 0.2) is 0 Å². The van der Waals surface area contributed by atoms with Crippen LogP contribution in [0.3, 0.4) is 0 Å². The van der Waals surface area contributed by atoms with E-state index in [-0.39, 0.29) is 17.9 Å². The van der Waals surface area contributed by atoms with Gasteiger partial charge in [-0.25, -0.2) is 4.79 Å². The first kappa shape index (κ1) is 18.8. The highest BCUT2D eigenvalue weighted by atomic mass is 16.5. The highest BCUT2D eigenvalue weighted by molar-refractivity contribution is 5.94. The fourth-order valence-electron chi connectivity index (χ4n) is 3.15. The van der Waals surface area contributed by atoms with Gasteiger partial charge in [-0.3, -0.25) is 4.79 Å². The van der Waals surface area contributed by atoms with Crippen LogP contribution in [0.5, 0.6) is 5.75 Å². The second kappa shape index (κ2) is 9.07. The molecule has 0 aromatic heterocycles. The standard InChI is InChI=1S/C21H25N3O3/c1-2-27-19-12-10-18(11-13-19)22-20(25)16-7-6-14-24(15-16)21(26)23-17-8-4-3-5-9-17/h3-5,8-13,16H,2,6-7,14-15H2,1H3,(H,22,25)(H,23,26)/t16-/m1/s1. The summed E-state index contributed by atoms with van der Waals surface area (Å²) in [7, 11) is 0. The lowest BCUT2D eigenvalue weighted by Crippen LogP contribution is -2.45. The van der Waals surface area contributed by atoms with Crippen molar-refractivity contribution in [1.82, 2.24) is 4.90 Å². The van der Waals surface area contributed by atoms with Gasteiger partial charge in [-0.2, -0.15) is 0 Å². The van der Waals surface area contributed by atoms with Gasteiger partial charge < -0.3 is 20.3 Å². The number of carbonyl (C=O) groups excluding carboxylic acids is 2. The van der Waals surface area contributed by atoms with E-state index in [9.17, 15) is 9.59 Å². The maximum absolute atomic E-state index is 12.6. The smallest absolute Gasteiger partial charge is 0.321 e. The topological polar surface area (TPSA) is 70.7 Å². The number of hydrogen-bond acceptors (Lipinski definition) is 3. The van der Waals surface area contributed by atoms with Crippen molar-refractivity contribution in [1.29, 1.82) is 0 Å². The summed E-state index contributed by atoms with van der Waals surface area (Å²) in [4.78, 5) is 26.8. The first-order valence-electron chi connectivity index (χ1n) is 9.30. The second-order valence-corrected chi connectivity index (χ2v) is 6.53. The summed E-state index contributed by atoms with van der Waals surface area (Å²) >= 11 is 0. The van der Waals surface area contributed by atoms with E-state index in [2.05, 4.69) is 10.6 Å². The average Bonchev–Trinajstić information content (AvgIpc) is 2.70. The van der Waals surface area contributed by atoms with Gasteiger partial charge >= 0.3 is 6.03 Å². The molecule has 2 N–H and O–H groups in total. The highest BCUT2D eigenvalue weighted by Gasteiger charge is 2.28. The van der Waals surface area contributed by atoms with E-state index in [0.717, 1.165) is 30.0 Å². The number of para-hydroxylation sites is 1. The number of carbonyl (C=O) groups is 2. The number of benzene rings is 2.